The first kappa shape index (κ1) is 10.3. The van der Waals surface area contributed by atoms with Gasteiger partial charge in [-0.15, -0.1) is 0 Å². The van der Waals surface area contributed by atoms with Gasteiger partial charge in [0.1, 0.15) is 0 Å². The predicted octanol–water partition coefficient (Wildman–Crippen LogP) is 1.46. The second kappa shape index (κ2) is 3.40. The molecule has 2 rings (SSSR count). The number of anilines is 2. The van der Waals surface area contributed by atoms with Gasteiger partial charge in [0.05, 0.1) is 12.7 Å². The quantitative estimate of drug-likeness (QED) is 0.685. The van der Waals surface area contributed by atoms with Crippen molar-refractivity contribution < 1.29 is 9.47 Å². The van der Waals surface area contributed by atoms with Gasteiger partial charge in [0, 0.05) is 16.9 Å². The fourth-order valence-corrected chi connectivity index (χ4v) is 1.86. The first-order valence-corrected chi connectivity index (χ1v) is 4.98. The predicted molar refractivity (Wildman–Crippen MR) is 59.1 cm³/mol. The summed E-state index contributed by atoms with van der Waals surface area (Å²) < 4.78 is 11.3. The molecule has 1 fully saturated rings. The van der Waals surface area contributed by atoms with E-state index in [-0.39, 0.29) is 6.10 Å². The minimum absolute atomic E-state index is 0.0898. The van der Waals surface area contributed by atoms with Crippen LogP contribution in [0.5, 0.6) is 0 Å². The number of ether oxygens (including phenoxy) is 2. The van der Waals surface area contributed by atoms with Crippen LogP contribution in [-0.4, -0.2) is 12.7 Å². The number of rotatable bonds is 1. The summed E-state index contributed by atoms with van der Waals surface area (Å²) in [5, 5.41) is 0. The third kappa shape index (κ3) is 1.78. The van der Waals surface area contributed by atoms with Crippen LogP contribution in [0.1, 0.15) is 19.4 Å². The van der Waals surface area contributed by atoms with Crippen molar-refractivity contribution in [1.29, 1.82) is 0 Å². The summed E-state index contributed by atoms with van der Waals surface area (Å²) in [6.45, 7) is 4.43. The van der Waals surface area contributed by atoms with Crippen LogP contribution in [0.3, 0.4) is 0 Å². The van der Waals surface area contributed by atoms with Gasteiger partial charge in [-0.1, -0.05) is 0 Å². The highest BCUT2D eigenvalue weighted by Crippen LogP contribution is 2.37. The van der Waals surface area contributed by atoms with Crippen molar-refractivity contribution in [2.45, 2.75) is 25.7 Å². The average molecular weight is 208 g/mol. The van der Waals surface area contributed by atoms with Crippen molar-refractivity contribution in [3.63, 3.8) is 0 Å². The first-order chi connectivity index (χ1) is 7.01. The Morgan fingerprint density at radius 2 is 2.13 bits per heavy atom. The zero-order valence-electron chi connectivity index (χ0n) is 8.99. The van der Waals surface area contributed by atoms with Crippen molar-refractivity contribution in [3.8, 4) is 0 Å². The van der Waals surface area contributed by atoms with E-state index in [1.807, 2.05) is 19.9 Å². The number of hydrogen-bond donors (Lipinski definition) is 2. The van der Waals surface area contributed by atoms with Gasteiger partial charge in [0.2, 0.25) is 0 Å². The summed E-state index contributed by atoms with van der Waals surface area (Å²) in [4.78, 5) is 0. The molecule has 4 N–H and O–H groups in total. The third-order valence-electron chi connectivity index (χ3n) is 2.58. The second-order valence-corrected chi connectivity index (χ2v) is 4.03. The molecule has 2 atom stereocenters. The fourth-order valence-electron chi connectivity index (χ4n) is 1.86. The standard InChI is InChI=1S/C11H16N2O2/c1-7-6-14-11(2,15-7)9-4-3-8(12)5-10(9)13/h3-5,7H,6,12-13H2,1-2H3. The van der Waals surface area contributed by atoms with Crippen LogP contribution in [0.25, 0.3) is 0 Å². The highest BCUT2D eigenvalue weighted by atomic mass is 16.7. The topological polar surface area (TPSA) is 70.5 Å². The molecule has 1 aliphatic heterocycles. The molecule has 82 valence electrons. The molecule has 4 nitrogen and oxygen atoms in total. The van der Waals surface area contributed by atoms with Gasteiger partial charge in [0.15, 0.2) is 5.79 Å². The minimum atomic E-state index is -0.739. The SMILES string of the molecule is CC1COC(C)(c2ccc(N)cc2N)O1. The second-order valence-electron chi connectivity index (χ2n) is 4.03. The van der Waals surface area contributed by atoms with Crippen molar-refractivity contribution >= 4 is 11.4 Å². The van der Waals surface area contributed by atoms with E-state index in [0.29, 0.717) is 18.0 Å². The van der Waals surface area contributed by atoms with Crippen LogP contribution in [0.4, 0.5) is 11.4 Å². The van der Waals surface area contributed by atoms with Gasteiger partial charge in [-0.25, -0.2) is 0 Å². The van der Waals surface area contributed by atoms with E-state index in [0.717, 1.165) is 5.56 Å². The summed E-state index contributed by atoms with van der Waals surface area (Å²) in [5.74, 6) is -0.739. The molecule has 0 bridgehead atoms. The molecule has 1 saturated heterocycles. The molecule has 0 radical (unpaired) electrons. The summed E-state index contributed by atoms with van der Waals surface area (Å²) >= 11 is 0. The lowest BCUT2D eigenvalue weighted by Gasteiger charge is -2.25. The van der Waals surface area contributed by atoms with Crippen LogP contribution in [0, 0.1) is 0 Å². The summed E-state index contributed by atoms with van der Waals surface area (Å²) in [7, 11) is 0. The largest absolute Gasteiger partial charge is 0.399 e. The van der Waals surface area contributed by atoms with Gasteiger partial charge in [0.25, 0.3) is 0 Å². The van der Waals surface area contributed by atoms with Gasteiger partial charge < -0.3 is 20.9 Å². The van der Waals surface area contributed by atoms with E-state index >= 15 is 0 Å². The maximum atomic E-state index is 5.89. The smallest absolute Gasteiger partial charge is 0.194 e. The Morgan fingerprint density at radius 3 is 2.67 bits per heavy atom. The summed E-state index contributed by atoms with van der Waals surface area (Å²) in [6, 6.07) is 5.37. The molecule has 1 aromatic rings. The molecular weight excluding hydrogens is 192 g/mol. The monoisotopic (exact) mass is 208 g/mol. The molecule has 0 spiro atoms. The lowest BCUT2D eigenvalue weighted by molar-refractivity contribution is -0.159. The highest BCUT2D eigenvalue weighted by molar-refractivity contribution is 5.58. The molecule has 4 heteroatoms. The van der Waals surface area contributed by atoms with E-state index in [1.54, 1.807) is 12.1 Å². The summed E-state index contributed by atoms with van der Waals surface area (Å²) in [6.07, 6.45) is 0.0898. The molecule has 2 unspecified atom stereocenters. The lowest BCUT2D eigenvalue weighted by atomic mass is 10.0. The number of benzene rings is 1. The molecule has 1 aromatic carbocycles. The van der Waals surface area contributed by atoms with E-state index in [4.69, 9.17) is 20.9 Å². The Balaban J connectivity index is 2.37. The normalized spacial score (nSPS) is 30.7. The van der Waals surface area contributed by atoms with Gasteiger partial charge in [-0.05, 0) is 32.0 Å². The molecule has 15 heavy (non-hydrogen) atoms. The Labute approximate surface area is 89.2 Å². The molecule has 0 aromatic heterocycles. The van der Waals surface area contributed by atoms with Crippen LogP contribution < -0.4 is 11.5 Å². The third-order valence-corrected chi connectivity index (χ3v) is 2.58. The minimum Gasteiger partial charge on any atom is -0.399 e. The van der Waals surface area contributed by atoms with Crippen molar-refractivity contribution in [2.24, 2.45) is 0 Å². The Kier molecular flexibility index (Phi) is 2.32. The zero-order valence-corrected chi connectivity index (χ0v) is 8.99. The number of nitrogens with two attached hydrogens (primary N) is 2. The highest BCUT2D eigenvalue weighted by Gasteiger charge is 2.38. The van der Waals surface area contributed by atoms with E-state index in [9.17, 15) is 0 Å². The van der Waals surface area contributed by atoms with Crippen LogP contribution in [0.15, 0.2) is 18.2 Å². The first-order valence-electron chi connectivity index (χ1n) is 4.98. The van der Waals surface area contributed by atoms with Gasteiger partial charge >= 0.3 is 0 Å². The van der Waals surface area contributed by atoms with Crippen molar-refractivity contribution in [1.82, 2.24) is 0 Å². The molecular formula is C11H16N2O2. The maximum Gasteiger partial charge on any atom is 0.194 e. The Morgan fingerprint density at radius 1 is 1.40 bits per heavy atom. The molecule has 0 aliphatic carbocycles. The fraction of sp³-hybridized carbons (Fsp3) is 0.455. The van der Waals surface area contributed by atoms with Crippen LogP contribution in [-0.2, 0) is 15.3 Å². The molecule has 0 amide bonds. The number of hydrogen-bond acceptors (Lipinski definition) is 4. The molecule has 1 heterocycles. The van der Waals surface area contributed by atoms with E-state index in [1.165, 1.54) is 0 Å². The van der Waals surface area contributed by atoms with Crippen molar-refractivity contribution in [2.75, 3.05) is 18.1 Å². The van der Waals surface area contributed by atoms with E-state index < -0.39 is 5.79 Å². The van der Waals surface area contributed by atoms with Gasteiger partial charge in [-0.2, -0.15) is 0 Å². The molecule has 0 saturated carbocycles. The van der Waals surface area contributed by atoms with E-state index in [2.05, 4.69) is 0 Å². The number of nitrogen functional groups attached to an aromatic ring is 2. The summed E-state index contributed by atoms with van der Waals surface area (Å²) in [5.41, 5.74) is 13.6. The Hall–Kier alpha value is -1.26. The zero-order chi connectivity index (χ0) is 11.1. The van der Waals surface area contributed by atoms with Crippen LogP contribution >= 0.6 is 0 Å². The Bertz CT molecular complexity index is 381. The van der Waals surface area contributed by atoms with Crippen molar-refractivity contribution in [3.05, 3.63) is 23.8 Å². The van der Waals surface area contributed by atoms with Crippen LogP contribution in [0.2, 0.25) is 0 Å². The maximum absolute atomic E-state index is 5.89. The average Bonchev–Trinajstić information content (AvgIpc) is 2.46. The lowest BCUT2D eigenvalue weighted by Crippen LogP contribution is -2.24. The molecule has 1 aliphatic rings. The van der Waals surface area contributed by atoms with Gasteiger partial charge in [-0.3, -0.25) is 0 Å².